The average molecular weight is 671 g/mol. The van der Waals surface area contributed by atoms with Crippen molar-refractivity contribution in [3.63, 3.8) is 0 Å². The van der Waals surface area contributed by atoms with Gasteiger partial charge in [-0.15, -0.1) is 5.10 Å². The van der Waals surface area contributed by atoms with Gasteiger partial charge in [0.25, 0.3) is 5.91 Å². The van der Waals surface area contributed by atoms with Crippen LogP contribution in [0.25, 0.3) is 11.3 Å². The number of ether oxygens (including phenoxy) is 3. The number of rotatable bonds is 7. The van der Waals surface area contributed by atoms with Crippen LogP contribution in [0.15, 0.2) is 41.0 Å². The Kier molecular flexibility index (Phi) is 9.51. The zero-order chi connectivity index (χ0) is 31.0. The van der Waals surface area contributed by atoms with Crippen molar-refractivity contribution in [2.45, 2.75) is 55.9 Å². The number of aliphatic hydroxyl groups excluding tert-OH is 3. The van der Waals surface area contributed by atoms with Crippen LogP contribution in [-0.2, 0) is 19.0 Å². The second kappa shape index (κ2) is 13.0. The SMILES string of the molecule is CO[C@@H]1[C@@H](n2cc(-c3cc(F)c(F)c(F)c3)nn2)[C@@H](O)[C@@H](CO)O[C@H]1C(=O)N(c1cc(C)cc(Br)c1)[C@@H]1COCC[C@H]1O. The van der Waals surface area contributed by atoms with E-state index in [-0.39, 0.29) is 24.3 Å². The molecule has 1 aromatic heterocycles. The quantitative estimate of drug-likeness (QED) is 0.323. The van der Waals surface area contributed by atoms with Gasteiger partial charge in [0.15, 0.2) is 23.6 Å². The van der Waals surface area contributed by atoms with Crippen LogP contribution in [0.3, 0.4) is 0 Å². The fraction of sp³-hybridized carbons (Fsp3) is 0.464. The first-order valence-corrected chi connectivity index (χ1v) is 14.2. The Morgan fingerprint density at radius 1 is 1.19 bits per heavy atom. The van der Waals surface area contributed by atoms with Crippen LogP contribution in [0.1, 0.15) is 18.0 Å². The number of amides is 1. The molecule has 5 rings (SSSR count). The first-order valence-electron chi connectivity index (χ1n) is 13.4. The van der Waals surface area contributed by atoms with Gasteiger partial charge in [-0.2, -0.15) is 0 Å². The molecule has 43 heavy (non-hydrogen) atoms. The number of hydrogen-bond donors (Lipinski definition) is 3. The molecule has 11 nitrogen and oxygen atoms in total. The number of methoxy groups -OCH3 is 1. The molecule has 3 heterocycles. The lowest BCUT2D eigenvalue weighted by Gasteiger charge is -2.46. The van der Waals surface area contributed by atoms with Gasteiger partial charge < -0.3 is 34.4 Å². The third-order valence-electron chi connectivity index (χ3n) is 7.64. The molecule has 0 aliphatic carbocycles. The standard InChI is InChI=1S/C28H30BrF3N4O7/c1-13-5-15(29)9-16(6-13)36(20-12-42-4-3-21(20)38)28(40)27-26(41-2)24(25(39)22(11-37)43-27)35-10-19(33-34-35)14-7-17(30)23(32)18(31)8-14/h5-10,20-22,24-27,37-39H,3-4,11-12H2,1-2H3/t20-,21-,22-,24+,25+,26-,27-/m1/s1. The van der Waals surface area contributed by atoms with Gasteiger partial charge in [-0.25, -0.2) is 17.9 Å². The van der Waals surface area contributed by atoms with Crippen LogP contribution in [0, 0.1) is 24.4 Å². The van der Waals surface area contributed by atoms with E-state index in [9.17, 15) is 33.3 Å². The number of carbonyl (C=O) groups is 1. The van der Waals surface area contributed by atoms with Crippen molar-refractivity contribution in [3.8, 4) is 11.3 Å². The summed E-state index contributed by atoms with van der Waals surface area (Å²) in [5.74, 6) is -5.13. The molecule has 3 N–H and O–H groups in total. The third kappa shape index (κ3) is 6.20. The molecule has 7 atom stereocenters. The van der Waals surface area contributed by atoms with Crippen molar-refractivity contribution < 1.29 is 47.5 Å². The Labute approximate surface area is 252 Å². The number of anilines is 1. The van der Waals surface area contributed by atoms with Crippen LogP contribution in [0.5, 0.6) is 0 Å². The van der Waals surface area contributed by atoms with Gasteiger partial charge in [0.05, 0.1) is 31.6 Å². The third-order valence-corrected chi connectivity index (χ3v) is 8.10. The number of carbonyl (C=O) groups excluding carboxylic acids is 1. The summed E-state index contributed by atoms with van der Waals surface area (Å²) in [6, 6.07) is 4.84. The van der Waals surface area contributed by atoms with E-state index in [4.69, 9.17) is 14.2 Å². The lowest BCUT2D eigenvalue weighted by Crippen LogP contribution is -2.64. The first kappa shape index (κ1) is 31.5. The van der Waals surface area contributed by atoms with Gasteiger partial charge in [0.2, 0.25) is 0 Å². The molecule has 0 radical (unpaired) electrons. The highest BCUT2D eigenvalue weighted by atomic mass is 79.9. The lowest BCUT2D eigenvalue weighted by molar-refractivity contribution is -0.211. The second-order valence-electron chi connectivity index (χ2n) is 10.5. The van der Waals surface area contributed by atoms with Gasteiger partial charge in [-0.3, -0.25) is 4.79 Å². The number of nitrogens with zero attached hydrogens (tertiary/aromatic N) is 4. The van der Waals surface area contributed by atoms with E-state index in [1.807, 2.05) is 13.0 Å². The monoisotopic (exact) mass is 670 g/mol. The number of aryl methyl sites for hydroxylation is 1. The van der Waals surface area contributed by atoms with Gasteiger partial charge in [-0.05, 0) is 49.2 Å². The first-order chi connectivity index (χ1) is 20.5. The summed E-state index contributed by atoms with van der Waals surface area (Å²) < 4.78 is 60.4. The van der Waals surface area contributed by atoms with Crippen LogP contribution in [0.4, 0.5) is 18.9 Å². The summed E-state index contributed by atoms with van der Waals surface area (Å²) in [4.78, 5) is 15.8. The Hall–Kier alpha value is -2.92. The zero-order valence-electron chi connectivity index (χ0n) is 23.1. The Balaban J connectivity index is 1.55. The summed E-state index contributed by atoms with van der Waals surface area (Å²) in [5, 5.41) is 40.1. The minimum Gasteiger partial charge on any atom is -0.394 e. The molecular formula is C28H30BrF3N4O7. The molecule has 232 valence electrons. The highest BCUT2D eigenvalue weighted by molar-refractivity contribution is 9.10. The normalized spacial score (nSPS) is 27.7. The maximum atomic E-state index is 14.4. The fourth-order valence-electron chi connectivity index (χ4n) is 5.55. The van der Waals surface area contributed by atoms with E-state index >= 15 is 0 Å². The Bertz CT molecular complexity index is 1440. The molecule has 2 aromatic carbocycles. The van der Waals surface area contributed by atoms with Gasteiger partial charge in [0.1, 0.15) is 30.0 Å². The Morgan fingerprint density at radius 3 is 2.53 bits per heavy atom. The fourth-order valence-corrected chi connectivity index (χ4v) is 6.15. The molecule has 2 aliphatic heterocycles. The van der Waals surface area contributed by atoms with Crippen LogP contribution in [-0.4, -0.2) is 99.7 Å². The molecule has 3 aromatic rings. The lowest BCUT2D eigenvalue weighted by atomic mass is 9.90. The summed E-state index contributed by atoms with van der Waals surface area (Å²) in [6.07, 6.45) is -4.80. The summed E-state index contributed by atoms with van der Waals surface area (Å²) in [7, 11) is 1.29. The van der Waals surface area contributed by atoms with E-state index in [2.05, 4.69) is 26.2 Å². The highest BCUT2D eigenvalue weighted by Crippen LogP contribution is 2.36. The molecule has 15 heteroatoms. The molecule has 2 aliphatic rings. The van der Waals surface area contributed by atoms with Crippen molar-refractivity contribution in [1.29, 1.82) is 0 Å². The maximum absolute atomic E-state index is 14.4. The van der Waals surface area contributed by atoms with E-state index in [0.29, 0.717) is 16.8 Å². The number of aliphatic hydroxyl groups is 3. The van der Waals surface area contributed by atoms with Crippen LogP contribution >= 0.6 is 15.9 Å². The molecule has 2 fully saturated rings. The van der Waals surface area contributed by atoms with Crippen molar-refractivity contribution in [3.05, 3.63) is 64.0 Å². The molecule has 0 saturated carbocycles. The summed E-state index contributed by atoms with van der Waals surface area (Å²) in [6.45, 7) is 1.51. The molecule has 0 bridgehead atoms. The van der Waals surface area contributed by atoms with Crippen LogP contribution in [0.2, 0.25) is 0 Å². The summed E-state index contributed by atoms with van der Waals surface area (Å²) in [5.41, 5.74) is 1.10. The second-order valence-corrected chi connectivity index (χ2v) is 11.4. The van der Waals surface area contributed by atoms with Crippen molar-refractivity contribution in [1.82, 2.24) is 15.0 Å². The van der Waals surface area contributed by atoms with E-state index in [1.165, 1.54) is 18.2 Å². The number of aromatic nitrogens is 3. The van der Waals surface area contributed by atoms with E-state index in [0.717, 1.165) is 22.4 Å². The van der Waals surface area contributed by atoms with Gasteiger partial charge in [0, 0.05) is 29.4 Å². The summed E-state index contributed by atoms with van der Waals surface area (Å²) >= 11 is 3.45. The number of benzene rings is 2. The van der Waals surface area contributed by atoms with Crippen LogP contribution < -0.4 is 4.90 Å². The molecule has 0 unspecified atom stereocenters. The molecule has 2 saturated heterocycles. The molecule has 0 spiro atoms. The van der Waals surface area contributed by atoms with E-state index in [1.54, 1.807) is 12.1 Å². The highest BCUT2D eigenvalue weighted by Gasteiger charge is 2.52. The van der Waals surface area contributed by atoms with Crippen molar-refractivity contribution in [2.75, 3.05) is 31.8 Å². The van der Waals surface area contributed by atoms with Crippen molar-refractivity contribution in [2.24, 2.45) is 0 Å². The minimum absolute atomic E-state index is 0.0372. The molecular weight excluding hydrogens is 641 g/mol. The van der Waals surface area contributed by atoms with E-state index < -0.39 is 72.6 Å². The average Bonchev–Trinajstić information content (AvgIpc) is 3.45. The predicted molar refractivity (Wildman–Crippen MR) is 149 cm³/mol. The largest absolute Gasteiger partial charge is 0.394 e. The number of halogens is 4. The zero-order valence-corrected chi connectivity index (χ0v) is 24.7. The predicted octanol–water partition coefficient (Wildman–Crippen LogP) is 2.29. The topological polar surface area (TPSA) is 139 Å². The molecule has 1 amide bonds. The maximum Gasteiger partial charge on any atom is 0.259 e. The van der Waals surface area contributed by atoms with Gasteiger partial charge >= 0.3 is 0 Å². The smallest absolute Gasteiger partial charge is 0.259 e. The Morgan fingerprint density at radius 2 is 1.91 bits per heavy atom. The van der Waals surface area contributed by atoms with Crippen molar-refractivity contribution >= 4 is 27.5 Å². The number of hydrogen-bond acceptors (Lipinski definition) is 9. The van der Waals surface area contributed by atoms with Gasteiger partial charge in [-0.1, -0.05) is 21.1 Å². The minimum atomic E-state index is -1.64.